The van der Waals surface area contributed by atoms with Crippen molar-refractivity contribution < 1.29 is 4.79 Å². The monoisotopic (exact) mass is 267 g/mol. The second-order valence-corrected chi connectivity index (χ2v) is 6.28. The number of nitrogens with zero attached hydrogens (tertiary/aromatic N) is 1. The lowest BCUT2D eigenvalue weighted by Gasteiger charge is -2.31. The van der Waals surface area contributed by atoms with Gasteiger partial charge in [0.2, 0.25) is 5.91 Å². The minimum Gasteiger partial charge on any atom is -0.369 e. The molecule has 3 N–H and O–H groups in total. The van der Waals surface area contributed by atoms with Crippen LogP contribution in [0.3, 0.4) is 0 Å². The SMILES string of the molecule is Cc1ccc(CNC2CCN(CC(N)=O)CC2)s1. The normalized spacial score (nSPS) is 18.1. The minimum atomic E-state index is -0.226. The average molecular weight is 267 g/mol. The smallest absolute Gasteiger partial charge is 0.231 e. The third-order valence-electron chi connectivity index (χ3n) is 3.33. The molecule has 18 heavy (non-hydrogen) atoms. The molecule has 100 valence electrons. The molecule has 1 amide bonds. The highest BCUT2D eigenvalue weighted by Gasteiger charge is 2.19. The Morgan fingerprint density at radius 1 is 1.50 bits per heavy atom. The number of carbonyl (C=O) groups is 1. The van der Waals surface area contributed by atoms with Crippen molar-refractivity contribution >= 4 is 17.2 Å². The number of hydrogen-bond acceptors (Lipinski definition) is 4. The number of primary amides is 1. The van der Waals surface area contributed by atoms with Crippen LogP contribution in [0.5, 0.6) is 0 Å². The van der Waals surface area contributed by atoms with Crippen LogP contribution in [0.2, 0.25) is 0 Å². The highest BCUT2D eigenvalue weighted by molar-refractivity contribution is 7.11. The Bertz CT molecular complexity index is 397. The number of thiophene rings is 1. The number of hydrogen-bond donors (Lipinski definition) is 2. The molecule has 1 aromatic heterocycles. The van der Waals surface area contributed by atoms with E-state index in [0.717, 1.165) is 32.5 Å². The van der Waals surface area contributed by atoms with Crippen molar-refractivity contribution in [3.8, 4) is 0 Å². The zero-order valence-corrected chi connectivity index (χ0v) is 11.6. The van der Waals surface area contributed by atoms with Gasteiger partial charge < -0.3 is 11.1 Å². The summed E-state index contributed by atoms with van der Waals surface area (Å²) in [5.74, 6) is -0.226. The van der Waals surface area contributed by atoms with E-state index in [2.05, 4.69) is 29.3 Å². The van der Waals surface area contributed by atoms with Gasteiger partial charge in [0.15, 0.2) is 0 Å². The molecule has 1 fully saturated rings. The first kappa shape index (κ1) is 13.5. The molecule has 1 aromatic rings. The molecule has 4 nitrogen and oxygen atoms in total. The molecule has 0 radical (unpaired) electrons. The molecule has 1 aliphatic heterocycles. The predicted molar refractivity (Wildman–Crippen MR) is 74.6 cm³/mol. The average Bonchev–Trinajstić information content (AvgIpc) is 2.74. The van der Waals surface area contributed by atoms with E-state index in [1.807, 2.05) is 11.3 Å². The summed E-state index contributed by atoms with van der Waals surface area (Å²) in [7, 11) is 0. The minimum absolute atomic E-state index is 0.226. The summed E-state index contributed by atoms with van der Waals surface area (Å²) in [6.07, 6.45) is 2.19. The Morgan fingerprint density at radius 3 is 2.78 bits per heavy atom. The highest BCUT2D eigenvalue weighted by Crippen LogP contribution is 2.16. The fourth-order valence-electron chi connectivity index (χ4n) is 2.34. The van der Waals surface area contributed by atoms with E-state index in [0.29, 0.717) is 12.6 Å². The molecule has 0 spiro atoms. The van der Waals surface area contributed by atoms with Crippen LogP contribution < -0.4 is 11.1 Å². The number of piperidine rings is 1. The van der Waals surface area contributed by atoms with Gasteiger partial charge in [-0.3, -0.25) is 9.69 Å². The van der Waals surface area contributed by atoms with Crippen LogP contribution in [-0.2, 0) is 11.3 Å². The van der Waals surface area contributed by atoms with Gasteiger partial charge in [-0.1, -0.05) is 0 Å². The molecule has 0 atom stereocenters. The van der Waals surface area contributed by atoms with Gasteiger partial charge in [-0.15, -0.1) is 11.3 Å². The molecule has 0 unspecified atom stereocenters. The Morgan fingerprint density at radius 2 is 2.22 bits per heavy atom. The Kier molecular flexibility index (Phi) is 4.74. The Labute approximate surface area is 112 Å². The molecule has 2 rings (SSSR count). The van der Waals surface area contributed by atoms with Gasteiger partial charge in [0.05, 0.1) is 6.54 Å². The lowest BCUT2D eigenvalue weighted by atomic mass is 10.1. The number of nitrogens with one attached hydrogen (secondary N) is 1. The number of aryl methyl sites for hydroxylation is 1. The summed E-state index contributed by atoms with van der Waals surface area (Å²) in [5, 5.41) is 3.59. The molecule has 0 bridgehead atoms. The summed E-state index contributed by atoms with van der Waals surface area (Å²) in [6, 6.07) is 4.92. The first-order valence-corrected chi connectivity index (χ1v) is 7.24. The van der Waals surface area contributed by atoms with Gasteiger partial charge >= 0.3 is 0 Å². The fraction of sp³-hybridized carbons (Fsp3) is 0.615. The third kappa shape index (κ3) is 4.08. The van der Waals surface area contributed by atoms with Crippen molar-refractivity contribution in [1.82, 2.24) is 10.2 Å². The molecule has 2 heterocycles. The van der Waals surface area contributed by atoms with E-state index in [-0.39, 0.29) is 5.91 Å². The Hall–Kier alpha value is -0.910. The van der Waals surface area contributed by atoms with Crippen LogP contribution in [0.1, 0.15) is 22.6 Å². The largest absolute Gasteiger partial charge is 0.369 e. The third-order valence-corrected chi connectivity index (χ3v) is 4.33. The quantitative estimate of drug-likeness (QED) is 0.840. The number of nitrogens with two attached hydrogens (primary N) is 1. The van der Waals surface area contributed by atoms with Crippen LogP contribution in [0.4, 0.5) is 0 Å². The number of carbonyl (C=O) groups excluding carboxylic acids is 1. The summed E-state index contributed by atoms with van der Waals surface area (Å²) in [5.41, 5.74) is 5.20. The van der Waals surface area contributed by atoms with Gasteiger partial charge in [0.25, 0.3) is 0 Å². The molecular weight excluding hydrogens is 246 g/mol. The predicted octanol–water partition coefficient (Wildman–Crippen LogP) is 1.10. The van der Waals surface area contributed by atoms with Crippen LogP contribution in [0, 0.1) is 6.92 Å². The van der Waals surface area contributed by atoms with E-state index >= 15 is 0 Å². The van der Waals surface area contributed by atoms with Crippen LogP contribution in [-0.4, -0.2) is 36.5 Å². The van der Waals surface area contributed by atoms with Crippen molar-refractivity contribution in [2.45, 2.75) is 32.4 Å². The molecule has 0 saturated carbocycles. The van der Waals surface area contributed by atoms with Gasteiger partial charge in [-0.05, 0) is 31.9 Å². The summed E-state index contributed by atoms with van der Waals surface area (Å²) >= 11 is 1.85. The van der Waals surface area contributed by atoms with Gasteiger partial charge in [0.1, 0.15) is 0 Å². The lowest BCUT2D eigenvalue weighted by molar-refractivity contribution is -0.119. The number of likely N-dealkylation sites (tertiary alicyclic amines) is 1. The molecule has 0 aliphatic carbocycles. The summed E-state index contributed by atoms with van der Waals surface area (Å²) in [6.45, 7) is 5.42. The molecule has 0 aromatic carbocycles. The van der Waals surface area contributed by atoms with Crippen molar-refractivity contribution in [1.29, 1.82) is 0 Å². The molecule has 5 heteroatoms. The first-order chi connectivity index (χ1) is 8.63. The van der Waals surface area contributed by atoms with Crippen LogP contribution in [0.15, 0.2) is 12.1 Å². The van der Waals surface area contributed by atoms with E-state index in [4.69, 9.17) is 5.73 Å². The highest BCUT2D eigenvalue weighted by atomic mass is 32.1. The van der Waals surface area contributed by atoms with Gasteiger partial charge in [-0.2, -0.15) is 0 Å². The van der Waals surface area contributed by atoms with Crippen LogP contribution in [0.25, 0.3) is 0 Å². The molecular formula is C13H21N3OS. The topological polar surface area (TPSA) is 58.4 Å². The first-order valence-electron chi connectivity index (χ1n) is 6.43. The van der Waals surface area contributed by atoms with E-state index in [9.17, 15) is 4.79 Å². The lowest BCUT2D eigenvalue weighted by Crippen LogP contribution is -2.44. The second kappa shape index (κ2) is 6.31. The van der Waals surface area contributed by atoms with Crippen molar-refractivity contribution in [2.24, 2.45) is 5.73 Å². The zero-order valence-electron chi connectivity index (χ0n) is 10.8. The Balaban J connectivity index is 1.69. The van der Waals surface area contributed by atoms with Crippen molar-refractivity contribution in [3.05, 3.63) is 21.9 Å². The van der Waals surface area contributed by atoms with Crippen LogP contribution >= 0.6 is 11.3 Å². The zero-order chi connectivity index (χ0) is 13.0. The van der Waals surface area contributed by atoms with Crippen molar-refractivity contribution in [2.75, 3.05) is 19.6 Å². The molecule has 1 aliphatic rings. The fourth-order valence-corrected chi connectivity index (χ4v) is 3.18. The van der Waals surface area contributed by atoms with E-state index in [1.54, 1.807) is 0 Å². The summed E-state index contributed by atoms with van der Waals surface area (Å²) in [4.78, 5) is 15.7. The summed E-state index contributed by atoms with van der Waals surface area (Å²) < 4.78 is 0. The number of amides is 1. The number of rotatable bonds is 5. The van der Waals surface area contributed by atoms with Gasteiger partial charge in [0, 0.05) is 35.4 Å². The maximum Gasteiger partial charge on any atom is 0.231 e. The van der Waals surface area contributed by atoms with E-state index in [1.165, 1.54) is 9.75 Å². The maximum atomic E-state index is 10.8. The molecule has 1 saturated heterocycles. The standard InChI is InChI=1S/C13H21N3OS/c1-10-2-3-12(18-10)8-15-11-4-6-16(7-5-11)9-13(14)17/h2-3,11,15H,4-9H2,1H3,(H2,14,17). The maximum absolute atomic E-state index is 10.8. The second-order valence-electron chi connectivity index (χ2n) is 4.91. The van der Waals surface area contributed by atoms with E-state index < -0.39 is 0 Å². The van der Waals surface area contributed by atoms with Gasteiger partial charge in [-0.25, -0.2) is 0 Å². The van der Waals surface area contributed by atoms with Crippen molar-refractivity contribution in [3.63, 3.8) is 0 Å².